The van der Waals surface area contributed by atoms with E-state index < -0.39 is 6.10 Å². The van der Waals surface area contributed by atoms with Crippen LogP contribution in [0.2, 0.25) is 0 Å². The van der Waals surface area contributed by atoms with E-state index in [1.807, 2.05) is 12.1 Å². The number of nitrogens with one attached hydrogen (secondary N) is 1. The highest BCUT2D eigenvalue weighted by Gasteiger charge is 2.30. The highest BCUT2D eigenvalue weighted by Crippen LogP contribution is 2.39. The molecule has 0 aromatic heterocycles. The molecule has 0 spiro atoms. The molecule has 2 N–H and O–H groups in total. The first-order chi connectivity index (χ1) is 8.66. The average molecular weight is 309 g/mol. The molecule has 1 unspecified atom stereocenters. The fraction of sp³-hybridized carbons (Fsp3) is 0.308. The Morgan fingerprint density at radius 2 is 2.22 bits per heavy atom. The van der Waals surface area contributed by atoms with Crippen molar-refractivity contribution >= 4 is 33.2 Å². The molecule has 0 bridgehead atoms. The minimum absolute atomic E-state index is 0.354. The second-order valence-corrected chi connectivity index (χ2v) is 5.34. The maximum atomic E-state index is 11.4. The lowest BCUT2D eigenvalue weighted by molar-refractivity contribution is -0.123. The van der Waals surface area contributed by atoms with Crippen LogP contribution in [0.1, 0.15) is 18.1 Å². The molecule has 1 aromatic rings. The summed E-state index contributed by atoms with van der Waals surface area (Å²) in [5.41, 5.74) is 2.40. The molecule has 5 heteroatoms. The maximum absolute atomic E-state index is 11.4. The molecule has 18 heavy (non-hydrogen) atoms. The molecular weight excluding hydrogens is 296 g/mol. The van der Waals surface area contributed by atoms with E-state index in [0.29, 0.717) is 11.3 Å². The van der Waals surface area contributed by atoms with Crippen LogP contribution in [-0.2, 0) is 4.79 Å². The smallest absolute Gasteiger partial charge is 0.257 e. The second kappa shape index (κ2) is 4.40. The number of carbonyl (C=O) groups is 1. The summed E-state index contributed by atoms with van der Waals surface area (Å²) < 4.78 is 0.909. The van der Waals surface area contributed by atoms with Crippen molar-refractivity contribution in [2.24, 2.45) is 0 Å². The second-order valence-electron chi connectivity index (χ2n) is 4.49. The zero-order valence-electron chi connectivity index (χ0n) is 9.69. The Morgan fingerprint density at radius 1 is 1.39 bits per heavy atom. The fourth-order valence-electron chi connectivity index (χ4n) is 2.36. The molecule has 1 aromatic carbocycles. The Morgan fingerprint density at radius 3 is 2.94 bits per heavy atom. The molecule has 94 valence electrons. The first kappa shape index (κ1) is 11.7. The zero-order chi connectivity index (χ0) is 12.7. The molecule has 0 aliphatic carbocycles. The van der Waals surface area contributed by atoms with Crippen LogP contribution in [0.5, 0.6) is 0 Å². The average Bonchev–Trinajstić information content (AvgIpc) is 2.66. The quantitative estimate of drug-likeness (QED) is 0.782. The number of carbonyl (C=O) groups excluding carboxylic acids is 1. The van der Waals surface area contributed by atoms with E-state index in [1.54, 1.807) is 0 Å². The van der Waals surface area contributed by atoms with Crippen LogP contribution in [-0.4, -0.2) is 24.1 Å². The molecule has 0 fully saturated rings. The summed E-state index contributed by atoms with van der Waals surface area (Å²) in [6.07, 6.45) is 4.28. The van der Waals surface area contributed by atoms with Crippen LogP contribution in [0.25, 0.3) is 0 Å². The van der Waals surface area contributed by atoms with Gasteiger partial charge in [-0.3, -0.25) is 4.79 Å². The summed E-state index contributed by atoms with van der Waals surface area (Å²) in [5, 5.41) is 12.4. The molecule has 2 aliphatic heterocycles. The van der Waals surface area contributed by atoms with Crippen molar-refractivity contribution in [2.75, 3.05) is 23.3 Å². The number of hydrogen-bond acceptors (Lipinski definition) is 3. The first-order valence-electron chi connectivity index (χ1n) is 5.89. The van der Waals surface area contributed by atoms with E-state index in [2.05, 4.69) is 38.3 Å². The Labute approximate surface area is 113 Å². The number of rotatable bonds is 1. The number of amides is 1. The minimum atomic E-state index is -1.05. The molecular formula is C13H13BrN2O2. The Bertz CT molecular complexity index is 542. The van der Waals surface area contributed by atoms with Crippen LogP contribution in [0.15, 0.2) is 28.8 Å². The first-order valence-corrected chi connectivity index (χ1v) is 6.68. The van der Waals surface area contributed by atoms with Crippen molar-refractivity contribution < 1.29 is 9.90 Å². The summed E-state index contributed by atoms with van der Waals surface area (Å²) in [7, 11) is 0. The van der Waals surface area contributed by atoms with Crippen LogP contribution in [0.4, 0.5) is 11.4 Å². The Hall–Kier alpha value is -1.33. The number of nitrogens with zero attached hydrogens (tertiary/aromatic N) is 1. The Kier molecular flexibility index (Phi) is 2.87. The SMILES string of the molecule is O=C1Nc2cc(N3CC=CCC3)c(Br)cc2C1O. The molecule has 4 nitrogen and oxygen atoms in total. The van der Waals surface area contributed by atoms with Gasteiger partial charge in [0.05, 0.1) is 5.69 Å². The van der Waals surface area contributed by atoms with Gasteiger partial charge < -0.3 is 15.3 Å². The van der Waals surface area contributed by atoms with Crippen molar-refractivity contribution in [3.8, 4) is 0 Å². The lowest BCUT2D eigenvalue weighted by Crippen LogP contribution is -2.27. The van der Waals surface area contributed by atoms with Gasteiger partial charge in [0, 0.05) is 28.8 Å². The predicted molar refractivity (Wildman–Crippen MR) is 73.7 cm³/mol. The van der Waals surface area contributed by atoms with Gasteiger partial charge in [0.2, 0.25) is 0 Å². The van der Waals surface area contributed by atoms with Gasteiger partial charge in [0.25, 0.3) is 5.91 Å². The number of anilines is 2. The van der Waals surface area contributed by atoms with E-state index >= 15 is 0 Å². The fourth-order valence-corrected chi connectivity index (χ4v) is 2.97. The van der Waals surface area contributed by atoms with Gasteiger partial charge >= 0.3 is 0 Å². The lowest BCUT2D eigenvalue weighted by atomic mass is 10.1. The third-order valence-electron chi connectivity index (χ3n) is 3.32. The number of benzene rings is 1. The highest BCUT2D eigenvalue weighted by molar-refractivity contribution is 9.10. The van der Waals surface area contributed by atoms with E-state index in [9.17, 15) is 9.90 Å². The molecule has 3 rings (SSSR count). The topological polar surface area (TPSA) is 52.6 Å². The molecule has 0 saturated carbocycles. The molecule has 0 radical (unpaired) electrons. The third kappa shape index (κ3) is 1.83. The van der Waals surface area contributed by atoms with Crippen LogP contribution < -0.4 is 10.2 Å². The van der Waals surface area contributed by atoms with E-state index in [4.69, 9.17) is 0 Å². The van der Waals surface area contributed by atoms with Crippen molar-refractivity contribution in [3.63, 3.8) is 0 Å². The third-order valence-corrected chi connectivity index (χ3v) is 3.95. The molecule has 0 saturated heterocycles. The van der Waals surface area contributed by atoms with Crippen molar-refractivity contribution in [1.82, 2.24) is 0 Å². The van der Waals surface area contributed by atoms with Gasteiger partial charge in [-0.05, 0) is 34.5 Å². The Balaban J connectivity index is 2.00. The number of halogens is 1. The maximum Gasteiger partial charge on any atom is 0.257 e. The predicted octanol–water partition coefficient (Wildman–Crippen LogP) is 2.20. The summed E-state index contributed by atoms with van der Waals surface area (Å²) in [5.74, 6) is -0.354. The van der Waals surface area contributed by atoms with Gasteiger partial charge in [-0.25, -0.2) is 0 Å². The van der Waals surface area contributed by atoms with Gasteiger partial charge in [0.1, 0.15) is 0 Å². The van der Waals surface area contributed by atoms with Crippen molar-refractivity contribution in [1.29, 1.82) is 0 Å². The van der Waals surface area contributed by atoms with E-state index in [1.165, 1.54) is 0 Å². The number of fused-ring (bicyclic) bond motifs is 1. The summed E-state index contributed by atoms with van der Waals surface area (Å²) >= 11 is 3.52. The van der Waals surface area contributed by atoms with Crippen LogP contribution >= 0.6 is 15.9 Å². The summed E-state index contributed by atoms with van der Waals surface area (Å²) in [6.45, 7) is 1.83. The zero-order valence-corrected chi connectivity index (χ0v) is 11.3. The van der Waals surface area contributed by atoms with E-state index in [0.717, 1.165) is 29.7 Å². The molecule has 2 aliphatic rings. The van der Waals surface area contributed by atoms with Gasteiger partial charge in [-0.2, -0.15) is 0 Å². The van der Waals surface area contributed by atoms with Gasteiger partial charge in [-0.15, -0.1) is 0 Å². The normalized spacial score (nSPS) is 22.0. The molecule has 2 heterocycles. The number of aliphatic hydroxyl groups excluding tert-OH is 1. The van der Waals surface area contributed by atoms with Crippen LogP contribution in [0.3, 0.4) is 0 Å². The molecule has 1 amide bonds. The monoisotopic (exact) mass is 308 g/mol. The van der Waals surface area contributed by atoms with Gasteiger partial charge in [-0.1, -0.05) is 12.2 Å². The van der Waals surface area contributed by atoms with Gasteiger partial charge in [0.15, 0.2) is 6.10 Å². The number of aliphatic hydroxyl groups is 1. The van der Waals surface area contributed by atoms with Crippen molar-refractivity contribution in [2.45, 2.75) is 12.5 Å². The van der Waals surface area contributed by atoms with Crippen molar-refractivity contribution in [3.05, 3.63) is 34.3 Å². The number of hydrogen-bond donors (Lipinski definition) is 2. The standard InChI is InChI=1S/C13H13BrN2O2/c14-9-6-8-10(15-13(18)12(8)17)7-11(9)16-4-2-1-3-5-16/h1-2,6-7,12,17H,3-5H2,(H,15,18). The molecule has 1 atom stereocenters. The van der Waals surface area contributed by atoms with Crippen LogP contribution in [0, 0.1) is 0 Å². The highest BCUT2D eigenvalue weighted by atomic mass is 79.9. The minimum Gasteiger partial charge on any atom is -0.378 e. The summed E-state index contributed by atoms with van der Waals surface area (Å²) in [6, 6.07) is 3.75. The van der Waals surface area contributed by atoms with E-state index in [-0.39, 0.29) is 5.91 Å². The summed E-state index contributed by atoms with van der Waals surface area (Å²) in [4.78, 5) is 13.7. The largest absolute Gasteiger partial charge is 0.378 e. The lowest BCUT2D eigenvalue weighted by Gasteiger charge is -2.27.